The number of halogens is 1. The topological polar surface area (TPSA) is 41.9 Å². The van der Waals surface area contributed by atoms with Crippen LogP contribution in [0.25, 0.3) is 0 Å². The number of aromatic nitrogens is 2. The number of hydrogen-bond donors (Lipinski definition) is 2. The second kappa shape index (κ2) is 7.26. The first-order valence-electron chi connectivity index (χ1n) is 7.09. The van der Waals surface area contributed by atoms with Crippen LogP contribution in [0.15, 0.2) is 67.0 Å². The van der Waals surface area contributed by atoms with Crippen LogP contribution in [-0.4, -0.2) is 14.9 Å². The molecule has 4 nitrogen and oxygen atoms in total. The van der Waals surface area contributed by atoms with Crippen LogP contribution in [0.2, 0.25) is 5.02 Å². The SMILES string of the molecule is S=C(Nc1ccccc1)Nc1cccc(Cn2cc(Cl)cn2)c1. The van der Waals surface area contributed by atoms with E-state index in [2.05, 4.69) is 15.7 Å². The van der Waals surface area contributed by atoms with Gasteiger partial charge in [-0.05, 0) is 42.0 Å². The molecule has 0 bridgehead atoms. The minimum Gasteiger partial charge on any atom is -0.332 e. The van der Waals surface area contributed by atoms with Crippen LogP contribution < -0.4 is 10.6 Å². The minimum absolute atomic E-state index is 0.551. The van der Waals surface area contributed by atoms with E-state index < -0.39 is 0 Å². The molecule has 2 aromatic carbocycles. The van der Waals surface area contributed by atoms with Gasteiger partial charge in [-0.3, -0.25) is 4.68 Å². The summed E-state index contributed by atoms with van der Waals surface area (Å²) < 4.78 is 1.79. The first-order chi connectivity index (χ1) is 11.2. The highest BCUT2D eigenvalue weighted by Gasteiger charge is 2.02. The summed E-state index contributed by atoms with van der Waals surface area (Å²) in [4.78, 5) is 0. The zero-order chi connectivity index (χ0) is 16.1. The fraction of sp³-hybridized carbons (Fsp3) is 0.0588. The van der Waals surface area contributed by atoms with Gasteiger partial charge in [-0.25, -0.2) is 0 Å². The monoisotopic (exact) mass is 342 g/mol. The maximum Gasteiger partial charge on any atom is 0.175 e. The fourth-order valence-corrected chi connectivity index (χ4v) is 2.57. The highest BCUT2D eigenvalue weighted by Crippen LogP contribution is 2.14. The lowest BCUT2D eigenvalue weighted by Gasteiger charge is -2.11. The van der Waals surface area contributed by atoms with Crippen molar-refractivity contribution in [3.8, 4) is 0 Å². The molecule has 3 rings (SSSR count). The third-order valence-electron chi connectivity index (χ3n) is 3.16. The molecule has 0 saturated heterocycles. The lowest BCUT2D eigenvalue weighted by molar-refractivity contribution is 0.687. The summed E-state index contributed by atoms with van der Waals surface area (Å²) in [6.45, 7) is 0.654. The molecule has 0 atom stereocenters. The average molecular weight is 343 g/mol. The normalized spacial score (nSPS) is 10.3. The molecule has 2 N–H and O–H groups in total. The highest BCUT2D eigenvalue weighted by molar-refractivity contribution is 7.80. The minimum atomic E-state index is 0.551. The van der Waals surface area contributed by atoms with Crippen molar-refractivity contribution >= 4 is 40.3 Å². The van der Waals surface area contributed by atoms with Crippen LogP contribution in [0.1, 0.15) is 5.56 Å². The molecule has 0 radical (unpaired) electrons. The Labute approximate surface area is 145 Å². The zero-order valence-electron chi connectivity index (χ0n) is 12.2. The molecule has 0 aliphatic heterocycles. The first kappa shape index (κ1) is 15.5. The number of para-hydroxylation sites is 1. The van der Waals surface area contributed by atoms with E-state index >= 15 is 0 Å². The molecule has 23 heavy (non-hydrogen) atoms. The van der Waals surface area contributed by atoms with E-state index in [9.17, 15) is 0 Å². The standard InChI is InChI=1S/C17H15ClN4S/c18-14-10-19-22(12-14)11-13-5-4-8-16(9-13)21-17(23)20-15-6-2-1-3-7-15/h1-10,12H,11H2,(H2,20,21,23). The summed E-state index contributed by atoms with van der Waals surface area (Å²) in [6, 6.07) is 17.8. The number of nitrogens with zero attached hydrogens (tertiary/aromatic N) is 2. The zero-order valence-corrected chi connectivity index (χ0v) is 13.8. The summed E-state index contributed by atoms with van der Waals surface area (Å²) in [5.74, 6) is 0. The lowest BCUT2D eigenvalue weighted by Crippen LogP contribution is -2.19. The highest BCUT2D eigenvalue weighted by atomic mass is 35.5. The molecule has 0 spiro atoms. The number of rotatable bonds is 4. The van der Waals surface area contributed by atoms with Gasteiger partial charge in [0, 0.05) is 17.6 Å². The predicted molar refractivity (Wildman–Crippen MR) is 99.1 cm³/mol. The van der Waals surface area contributed by atoms with E-state index in [1.165, 1.54) is 0 Å². The van der Waals surface area contributed by atoms with Crippen LogP contribution in [-0.2, 0) is 6.54 Å². The molecule has 0 saturated carbocycles. The Morgan fingerprint density at radius 1 is 1.04 bits per heavy atom. The largest absolute Gasteiger partial charge is 0.332 e. The maximum absolute atomic E-state index is 5.88. The van der Waals surface area contributed by atoms with E-state index in [1.807, 2.05) is 54.6 Å². The summed E-state index contributed by atoms with van der Waals surface area (Å²) in [5, 5.41) is 11.7. The van der Waals surface area contributed by atoms with Gasteiger partial charge in [-0.1, -0.05) is 41.9 Å². The van der Waals surface area contributed by atoms with Crippen molar-refractivity contribution in [2.75, 3.05) is 10.6 Å². The van der Waals surface area contributed by atoms with E-state index in [0.29, 0.717) is 16.7 Å². The number of nitrogens with one attached hydrogen (secondary N) is 2. The second-order valence-electron chi connectivity index (χ2n) is 5.00. The molecular weight excluding hydrogens is 328 g/mol. The second-order valence-corrected chi connectivity index (χ2v) is 5.85. The van der Waals surface area contributed by atoms with Crippen molar-refractivity contribution in [3.05, 3.63) is 77.6 Å². The molecule has 0 fully saturated rings. The fourth-order valence-electron chi connectivity index (χ4n) is 2.17. The van der Waals surface area contributed by atoms with Crippen LogP contribution in [0.3, 0.4) is 0 Å². The molecule has 0 aliphatic rings. The molecule has 116 valence electrons. The third kappa shape index (κ3) is 4.55. The molecule has 0 aliphatic carbocycles. The Bertz CT molecular complexity index is 801. The van der Waals surface area contributed by atoms with Crippen molar-refractivity contribution in [3.63, 3.8) is 0 Å². The van der Waals surface area contributed by atoms with Crippen LogP contribution in [0.4, 0.5) is 11.4 Å². The summed E-state index contributed by atoms with van der Waals surface area (Å²) in [6.07, 6.45) is 3.42. The molecule has 1 heterocycles. The summed E-state index contributed by atoms with van der Waals surface area (Å²) in [5.41, 5.74) is 2.98. The Morgan fingerprint density at radius 3 is 2.52 bits per heavy atom. The average Bonchev–Trinajstić information content (AvgIpc) is 2.93. The lowest BCUT2D eigenvalue weighted by atomic mass is 10.2. The predicted octanol–water partition coefficient (Wildman–Crippen LogP) is 4.39. The number of benzene rings is 2. The van der Waals surface area contributed by atoms with E-state index in [1.54, 1.807) is 17.1 Å². The molecule has 0 unspecified atom stereocenters. The van der Waals surface area contributed by atoms with Gasteiger partial charge in [0.15, 0.2) is 5.11 Å². The van der Waals surface area contributed by atoms with Gasteiger partial charge in [0.25, 0.3) is 0 Å². The Balaban J connectivity index is 1.64. The smallest absolute Gasteiger partial charge is 0.175 e. The Morgan fingerprint density at radius 2 is 1.78 bits per heavy atom. The van der Waals surface area contributed by atoms with E-state index in [0.717, 1.165) is 16.9 Å². The van der Waals surface area contributed by atoms with Crippen molar-refractivity contribution in [1.29, 1.82) is 0 Å². The maximum atomic E-state index is 5.88. The van der Waals surface area contributed by atoms with Crippen molar-refractivity contribution in [2.24, 2.45) is 0 Å². The Hall–Kier alpha value is -2.37. The number of anilines is 2. The van der Waals surface area contributed by atoms with Crippen molar-refractivity contribution < 1.29 is 0 Å². The molecule has 6 heteroatoms. The number of hydrogen-bond acceptors (Lipinski definition) is 2. The van der Waals surface area contributed by atoms with Crippen LogP contribution in [0.5, 0.6) is 0 Å². The van der Waals surface area contributed by atoms with Crippen LogP contribution in [0, 0.1) is 0 Å². The molecule has 3 aromatic rings. The van der Waals surface area contributed by atoms with Gasteiger partial charge >= 0.3 is 0 Å². The van der Waals surface area contributed by atoms with Crippen LogP contribution >= 0.6 is 23.8 Å². The summed E-state index contributed by atoms with van der Waals surface area (Å²) >= 11 is 11.2. The van der Waals surface area contributed by atoms with Gasteiger partial charge in [-0.2, -0.15) is 5.10 Å². The third-order valence-corrected chi connectivity index (χ3v) is 3.56. The summed E-state index contributed by atoms with van der Waals surface area (Å²) in [7, 11) is 0. The first-order valence-corrected chi connectivity index (χ1v) is 7.87. The Kier molecular flexibility index (Phi) is 4.90. The van der Waals surface area contributed by atoms with Gasteiger partial charge in [0.2, 0.25) is 0 Å². The molecule has 1 aromatic heterocycles. The van der Waals surface area contributed by atoms with Gasteiger partial charge in [0.1, 0.15) is 0 Å². The quantitative estimate of drug-likeness (QED) is 0.690. The molecule has 0 amide bonds. The molecular formula is C17H15ClN4S. The van der Waals surface area contributed by atoms with E-state index in [-0.39, 0.29) is 0 Å². The van der Waals surface area contributed by atoms with Gasteiger partial charge in [-0.15, -0.1) is 0 Å². The number of thiocarbonyl (C=S) groups is 1. The van der Waals surface area contributed by atoms with Gasteiger partial charge in [0.05, 0.1) is 17.8 Å². The van der Waals surface area contributed by atoms with E-state index in [4.69, 9.17) is 23.8 Å². The van der Waals surface area contributed by atoms with Gasteiger partial charge < -0.3 is 10.6 Å². The van der Waals surface area contributed by atoms with Crippen molar-refractivity contribution in [2.45, 2.75) is 6.54 Å². The van der Waals surface area contributed by atoms with Crippen molar-refractivity contribution in [1.82, 2.24) is 9.78 Å².